The first-order chi connectivity index (χ1) is 12.7. The Kier molecular flexibility index (Phi) is 4.26. The molecule has 2 aliphatic rings. The zero-order valence-corrected chi connectivity index (χ0v) is 17.0. The van der Waals surface area contributed by atoms with Crippen LogP contribution in [-0.2, 0) is 30.6 Å². The van der Waals surface area contributed by atoms with Gasteiger partial charge in [0.25, 0.3) is 0 Å². The largest absolute Gasteiger partial charge is 0.337 e. The Morgan fingerprint density at radius 2 is 2.19 bits per heavy atom. The predicted molar refractivity (Wildman–Crippen MR) is 108 cm³/mol. The summed E-state index contributed by atoms with van der Waals surface area (Å²) in [5.74, 6) is 1.46. The Morgan fingerprint density at radius 1 is 1.27 bits per heavy atom. The summed E-state index contributed by atoms with van der Waals surface area (Å²) in [5, 5.41) is 4.34. The molecule has 0 unspecified atom stereocenters. The van der Waals surface area contributed by atoms with Crippen LogP contribution in [0.2, 0.25) is 0 Å². The van der Waals surface area contributed by atoms with Crippen LogP contribution < -0.4 is 0 Å². The highest BCUT2D eigenvalue weighted by Gasteiger charge is 2.24. The van der Waals surface area contributed by atoms with E-state index in [4.69, 9.17) is 0 Å². The van der Waals surface area contributed by atoms with Gasteiger partial charge < -0.3 is 4.90 Å². The molecule has 0 saturated carbocycles. The number of aryl methyl sites for hydroxylation is 3. The molecule has 1 aliphatic carbocycles. The average molecular weight is 402 g/mol. The van der Waals surface area contributed by atoms with Crippen molar-refractivity contribution >= 4 is 50.6 Å². The van der Waals surface area contributed by atoms with Gasteiger partial charge in [0.15, 0.2) is 0 Å². The zero-order valence-electron chi connectivity index (χ0n) is 14.6. The zero-order chi connectivity index (χ0) is 17.7. The number of hydrogen-bond donors (Lipinski definition) is 0. The summed E-state index contributed by atoms with van der Waals surface area (Å²) >= 11 is 5.20. The molecule has 0 atom stereocenters. The van der Waals surface area contributed by atoms with Crippen molar-refractivity contribution in [3.05, 3.63) is 38.2 Å². The number of carbonyl (C=O) groups excluding carboxylic acids is 1. The van der Waals surface area contributed by atoms with Crippen LogP contribution in [0.15, 0.2) is 16.5 Å². The second kappa shape index (κ2) is 6.62. The van der Waals surface area contributed by atoms with Crippen molar-refractivity contribution in [2.75, 3.05) is 12.3 Å². The Hall–Kier alpha value is -1.44. The fourth-order valence-electron chi connectivity index (χ4n) is 3.85. The summed E-state index contributed by atoms with van der Waals surface area (Å²) in [6.45, 7) is 3.53. The highest BCUT2D eigenvalue weighted by molar-refractivity contribution is 8.00. The van der Waals surface area contributed by atoms with Crippen molar-refractivity contribution in [2.24, 2.45) is 0 Å². The van der Waals surface area contributed by atoms with Crippen molar-refractivity contribution in [3.63, 3.8) is 0 Å². The second-order valence-corrected chi connectivity index (χ2v) is 9.88. The van der Waals surface area contributed by atoms with Gasteiger partial charge in [0.1, 0.15) is 15.7 Å². The minimum absolute atomic E-state index is 0.211. The van der Waals surface area contributed by atoms with Crippen LogP contribution in [0.25, 0.3) is 10.2 Å². The molecule has 0 spiro atoms. The monoisotopic (exact) mass is 401 g/mol. The van der Waals surface area contributed by atoms with Crippen molar-refractivity contribution in [1.29, 1.82) is 0 Å². The van der Waals surface area contributed by atoms with Gasteiger partial charge in [0.05, 0.1) is 5.75 Å². The Morgan fingerprint density at radius 3 is 3.12 bits per heavy atom. The van der Waals surface area contributed by atoms with Crippen LogP contribution in [0, 0.1) is 6.92 Å². The van der Waals surface area contributed by atoms with Crippen LogP contribution in [0.4, 0.5) is 0 Å². The molecular weight excluding hydrogens is 382 g/mol. The van der Waals surface area contributed by atoms with Gasteiger partial charge in [0.2, 0.25) is 5.91 Å². The SMILES string of the molecule is Cc1nc(SCC(=O)N2CCc3sccc3C2)c2c3c(sc2n1)CCC3. The minimum atomic E-state index is 0.211. The van der Waals surface area contributed by atoms with E-state index in [2.05, 4.69) is 21.4 Å². The maximum Gasteiger partial charge on any atom is 0.233 e. The number of thiophene rings is 2. The fourth-order valence-corrected chi connectivity index (χ4v) is 7.12. The Balaban J connectivity index is 1.36. The van der Waals surface area contributed by atoms with Crippen molar-refractivity contribution in [1.82, 2.24) is 14.9 Å². The summed E-state index contributed by atoms with van der Waals surface area (Å²) in [4.78, 5) is 28.1. The van der Waals surface area contributed by atoms with E-state index in [-0.39, 0.29) is 5.91 Å². The minimum Gasteiger partial charge on any atom is -0.337 e. The smallest absolute Gasteiger partial charge is 0.233 e. The van der Waals surface area contributed by atoms with Gasteiger partial charge >= 0.3 is 0 Å². The molecule has 0 aromatic carbocycles. The van der Waals surface area contributed by atoms with Gasteiger partial charge in [-0.25, -0.2) is 9.97 Å². The predicted octanol–water partition coefficient (Wildman–Crippen LogP) is 4.23. The highest BCUT2D eigenvalue weighted by Crippen LogP contribution is 2.40. The molecule has 3 aromatic rings. The Bertz CT molecular complexity index is 1010. The van der Waals surface area contributed by atoms with Crippen LogP contribution in [-0.4, -0.2) is 33.1 Å². The molecule has 0 bridgehead atoms. The van der Waals surface area contributed by atoms with E-state index in [1.54, 1.807) is 23.1 Å². The molecule has 0 radical (unpaired) electrons. The summed E-state index contributed by atoms with van der Waals surface area (Å²) in [6.07, 6.45) is 4.49. The molecule has 134 valence electrons. The molecule has 0 fully saturated rings. The molecule has 5 rings (SSSR count). The first kappa shape index (κ1) is 16.7. The van der Waals surface area contributed by atoms with Gasteiger partial charge in [-0.15, -0.1) is 22.7 Å². The third-order valence-electron chi connectivity index (χ3n) is 5.14. The number of carbonyl (C=O) groups is 1. The summed E-state index contributed by atoms with van der Waals surface area (Å²) in [5.41, 5.74) is 2.75. The van der Waals surface area contributed by atoms with E-state index in [0.29, 0.717) is 5.75 Å². The molecular formula is C19H19N3OS3. The second-order valence-electron chi connectivity index (χ2n) is 6.84. The average Bonchev–Trinajstić information content (AvgIpc) is 3.33. The molecule has 26 heavy (non-hydrogen) atoms. The third kappa shape index (κ3) is 2.86. The first-order valence-electron chi connectivity index (χ1n) is 8.94. The molecule has 7 heteroatoms. The molecule has 1 amide bonds. The van der Waals surface area contributed by atoms with E-state index in [1.165, 1.54) is 32.7 Å². The van der Waals surface area contributed by atoms with Gasteiger partial charge in [-0.05, 0) is 55.2 Å². The van der Waals surface area contributed by atoms with Gasteiger partial charge in [-0.3, -0.25) is 4.79 Å². The standard InChI is InChI=1S/C19H19N3OS3/c1-11-20-18(17-13-3-2-4-15(13)26-19(17)21-11)25-10-16(23)22-7-5-14-12(9-22)6-8-24-14/h6,8H,2-5,7,9-10H2,1H3. The van der Waals surface area contributed by atoms with E-state index in [0.717, 1.165) is 48.0 Å². The number of fused-ring (bicyclic) bond motifs is 4. The lowest BCUT2D eigenvalue weighted by molar-refractivity contribution is -0.129. The normalized spacial score (nSPS) is 16.1. The number of hydrogen-bond acceptors (Lipinski definition) is 6. The number of aromatic nitrogens is 2. The number of amides is 1. The van der Waals surface area contributed by atoms with Crippen molar-refractivity contribution in [2.45, 2.75) is 44.2 Å². The van der Waals surface area contributed by atoms with E-state index >= 15 is 0 Å². The summed E-state index contributed by atoms with van der Waals surface area (Å²) < 4.78 is 0. The van der Waals surface area contributed by atoms with Crippen LogP contribution >= 0.6 is 34.4 Å². The lowest BCUT2D eigenvalue weighted by atomic mass is 10.1. The first-order valence-corrected chi connectivity index (χ1v) is 11.6. The van der Waals surface area contributed by atoms with E-state index in [1.807, 2.05) is 23.2 Å². The van der Waals surface area contributed by atoms with Gasteiger partial charge in [-0.1, -0.05) is 11.8 Å². The maximum absolute atomic E-state index is 12.8. The summed E-state index contributed by atoms with van der Waals surface area (Å²) in [7, 11) is 0. The molecule has 0 saturated heterocycles. The lowest BCUT2D eigenvalue weighted by Gasteiger charge is -2.26. The van der Waals surface area contributed by atoms with Crippen LogP contribution in [0.1, 0.15) is 33.1 Å². The number of rotatable bonds is 3. The molecule has 4 nitrogen and oxygen atoms in total. The van der Waals surface area contributed by atoms with E-state index < -0.39 is 0 Å². The number of nitrogens with zero attached hydrogens (tertiary/aromatic N) is 3. The van der Waals surface area contributed by atoms with Gasteiger partial charge in [0, 0.05) is 28.2 Å². The molecule has 1 aliphatic heterocycles. The highest BCUT2D eigenvalue weighted by atomic mass is 32.2. The third-order valence-corrected chi connectivity index (χ3v) is 8.30. The quantitative estimate of drug-likeness (QED) is 0.487. The summed E-state index contributed by atoms with van der Waals surface area (Å²) in [6, 6.07) is 2.15. The topological polar surface area (TPSA) is 46.1 Å². The van der Waals surface area contributed by atoms with Crippen LogP contribution in [0.3, 0.4) is 0 Å². The Labute approximate surface area is 164 Å². The molecule has 0 N–H and O–H groups in total. The van der Waals surface area contributed by atoms with E-state index in [9.17, 15) is 4.79 Å². The maximum atomic E-state index is 12.8. The van der Waals surface area contributed by atoms with Gasteiger partial charge in [-0.2, -0.15) is 0 Å². The van der Waals surface area contributed by atoms with Crippen molar-refractivity contribution < 1.29 is 4.79 Å². The van der Waals surface area contributed by atoms with Crippen LogP contribution in [0.5, 0.6) is 0 Å². The lowest BCUT2D eigenvalue weighted by Crippen LogP contribution is -2.36. The molecule has 4 heterocycles. The van der Waals surface area contributed by atoms with Crippen molar-refractivity contribution in [3.8, 4) is 0 Å². The number of thioether (sulfide) groups is 1. The fraction of sp³-hybridized carbons (Fsp3) is 0.421. The molecule has 3 aromatic heterocycles.